The second-order valence-electron chi connectivity index (χ2n) is 3.18. The van der Waals surface area contributed by atoms with E-state index in [0.717, 1.165) is 6.42 Å². The summed E-state index contributed by atoms with van der Waals surface area (Å²) in [5, 5.41) is 2.60. The van der Waals surface area contributed by atoms with Crippen LogP contribution < -0.4 is 11.1 Å². The van der Waals surface area contributed by atoms with Crippen LogP contribution in [0.5, 0.6) is 0 Å². The Morgan fingerprint density at radius 1 is 1.55 bits per heavy atom. The molecule has 3 N–H and O–H groups in total. The summed E-state index contributed by atoms with van der Waals surface area (Å²) in [5.41, 5.74) is 5.44. The molecule has 0 aromatic heterocycles. The molecule has 1 unspecified atom stereocenters. The van der Waals surface area contributed by atoms with Gasteiger partial charge in [0.2, 0.25) is 5.91 Å². The summed E-state index contributed by atoms with van der Waals surface area (Å²) in [4.78, 5) is 11.1. The van der Waals surface area contributed by atoms with Crippen LogP contribution in [0, 0.1) is 11.8 Å². The van der Waals surface area contributed by atoms with Crippen molar-refractivity contribution in [3.63, 3.8) is 0 Å². The molecule has 66 valence electrons. The van der Waals surface area contributed by atoms with Crippen LogP contribution in [0.4, 0.5) is 0 Å². The van der Waals surface area contributed by atoms with Gasteiger partial charge in [0.05, 0.1) is 5.92 Å². The average molecular weight is 158 g/mol. The number of nitrogens with two attached hydrogens (primary N) is 1. The van der Waals surface area contributed by atoms with Gasteiger partial charge in [-0.25, -0.2) is 0 Å². The zero-order valence-electron chi connectivity index (χ0n) is 7.55. The number of carbonyl (C=O) groups is 1. The van der Waals surface area contributed by atoms with Crippen molar-refractivity contribution in [1.82, 2.24) is 5.32 Å². The molecule has 3 heteroatoms. The highest BCUT2D eigenvalue weighted by atomic mass is 16.1. The largest absolute Gasteiger partial charge is 0.359 e. The van der Waals surface area contributed by atoms with Crippen LogP contribution >= 0.6 is 0 Å². The van der Waals surface area contributed by atoms with Crippen molar-refractivity contribution in [1.29, 1.82) is 0 Å². The molecule has 0 aliphatic heterocycles. The smallest absolute Gasteiger partial charge is 0.224 e. The molecule has 0 rings (SSSR count). The molecule has 0 bridgehead atoms. The van der Waals surface area contributed by atoms with Gasteiger partial charge in [0.1, 0.15) is 0 Å². The average Bonchev–Trinajstić information content (AvgIpc) is 1.98. The SMILES string of the molecule is CNC(=O)C(CN)CC(C)C. The molecule has 0 aliphatic rings. The number of nitrogens with one attached hydrogen (secondary N) is 1. The van der Waals surface area contributed by atoms with Crippen molar-refractivity contribution in [3.8, 4) is 0 Å². The topological polar surface area (TPSA) is 55.1 Å². The zero-order chi connectivity index (χ0) is 8.85. The number of rotatable bonds is 4. The lowest BCUT2D eigenvalue weighted by molar-refractivity contribution is -0.124. The van der Waals surface area contributed by atoms with Crippen LogP contribution in [-0.4, -0.2) is 19.5 Å². The number of hydrogen-bond acceptors (Lipinski definition) is 2. The van der Waals surface area contributed by atoms with Crippen LogP contribution in [0.1, 0.15) is 20.3 Å². The first-order valence-corrected chi connectivity index (χ1v) is 4.03. The second kappa shape index (κ2) is 5.13. The van der Waals surface area contributed by atoms with E-state index >= 15 is 0 Å². The fourth-order valence-corrected chi connectivity index (χ4v) is 1.08. The summed E-state index contributed by atoms with van der Waals surface area (Å²) in [6.45, 7) is 4.62. The van der Waals surface area contributed by atoms with E-state index in [1.54, 1.807) is 7.05 Å². The second-order valence-corrected chi connectivity index (χ2v) is 3.18. The Bertz CT molecular complexity index is 123. The number of amides is 1. The fraction of sp³-hybridized carbons (Fsp3) is 0.875. The Balaban J connectivity index is 3.84. The first-order chi connectivity index (χ1) is 5.11. The Kier molecular flexibility index (Phi) is 4.86. The molecule has 3 nitrogen and oxygen atoms in total. The minimum absolute atomic E-state index is 0.0139. The van der Waals surface area contributed by atoms with Crippen LogP contribution in [0.3, 0.4) is 0 Å². The van der Waals surface area contributed by atoms with Crippen LogP contribution in [-0.2, 0) is 4.79 Å². The third-order valence-corrected chi connectivity index (χ3v) is 1.66. The van der Waals surface area contributed by atoms with Gasteiger partial charge in [-0.3, -0.25) is 4.79 Å². The van der Waals surface area contributed by atoms with Gasteiger partial charge in [-0.1, -0.05) is 13.8 Å². The summed E-state index contributed by atoms with van der Waals surface area (Å²) < 4.78 is 0. The van der Waals surface area contributed by atoms with E-state index in [1.807, 2.05) is 0 Å². The van der Waals surface area contributed by atoms with Crippen molar-refractivity contribution in [2.24, 2.45) is 17.6 Å². The number of carbonyl (C=O) groups excluding carboxylic acids is 1. The van der Waals surface area contributed by atoms with Gasteiger partial charge in [-0.2, -0.15) is 0 Å². The Morgan fingerprint density at radius 2 is 2.09 bits per heavy atom. The number of hydrogen-bond donors (Lipinski definition) is 2. The van der Waals surface area contributed by atoms with E-state index in [2.05, 4.69) is 19.2 Å². The van der Waals surface area contributed by atoms with E-state index in [-0.39, 0.29) is 11.8 Å². The lowest BCUT2D eigenvalue weighted by atomic mass is 9.96. The lowest BCUT2D eigenvalue weighted by Crippen LogP contribution is -2.33. The van der Waals surface area contributed by atoms with Crippen molar-refractivity contribution in [2.75, 3.05) is 13.6 Å². The highest BCUT2D eigenvalue weighted by Gasteiger charge is 2.15. The molecule has 0 spiro atoms. The molecule has 0 aliphatic carbocycles. The van der Waals surface area contributed by atoms with Gasteiger partial charge in [-0.05, 0) is 12.3 Å². The molecule has 0 saturated heterocycles. The van der Waals surface area contributed by atoms with Gasteiger partial charge < -0.3 is 11.1 Å². The molecular weight excluding hydrogens is 140 g/mol. The maximum absolute atomic E-state index is 11.1. The maximum Gasteiger partial charge on any atom is 0.224 e. The lowest BCUT2D eigenvalue weighted by Gasteiger charge is -2.14. The molecular formula is C8H18N2O. The van der Waals surface area contributed by atoms with Crippen LogP contribution in [0.15, 0.2) is 0 Å². The maximum atomic E-state index is 11.1. The van der Waals surface area contributed by atoms with Crippen molar-refractivity contribution < 1.29 is 4.79 Å². The predicted octanol–water partition coefficient (Wildman–Crippen LogP) is 0.353. The minimum atomic E-state index is -0.0139. The Hall–Kier alpha value is -0.570. The van der Waals surface area contributed by atoms with Crippen LogP contribution in [0.2, 0.25) is 0 Å². The zero-order valence-corrected chi connectivity index (χ0v) is 7.55. The third-order valence-electron chi connectivity index (χ3n) is 1.66. The molecule has 11 heavy (non-hydrogen) atoms. The van der Waals surface area contributed by atoms with Crippen molar-refractivity contribution >= 4 is 5.91 Å². The van der Waals surface area contributed by atoms with Crippen LogP contribution in [0.25, 0.3) is 0 Å². The standard InChI is InChI=1S/C8H18N2O/c1-6(2)4-7(5-9)8(11)10-3/h6-7H,4-5,9H2,1-3H3,(H,10,11). The van der Waals surface area contributed by atoms with E-state index in [1.165, 1.54) is 0 Å². The monoisotopic (exact) mass is 158 g/mol. The van der Waals surface area contributed by atoms with E-state index < -0.39 is 0 Å². The van der Waals surface area contributed by atoms with Gasteiger partial charge in [-0.15, -0.1) is 0 Å². The van der Waals surface area contributed by atoms with E-state index in [9.17, 15) is 4.79 Å². The summed E-state index contributed by atoms with van der Waals surface area (Å²) >= 11 is 0. The quantitative estimate of drug-likeness (QED) is 0.620. The van der Waals surface area contributed by atoms with Gasteiger partial charge >= 0.3 is 0 Å². The Morgan fingerprint density at radius 3 is 2.36 bits per heavy atom. The summed E-state index contributed by atoms with van der Waals surface area (Å²) in [7, 11) is 1.64. The Labute approximate surface area is 68.3 Å². The summed E-state index contributed by atoms with van der Waals surface area (Å²) in [5.74, 6) is 0.571. The van der Waals surface area contributed by atoms with E-state index in [4.69, 9.17) is 5.73 Å². The predicted molar refractivity (Wildman–Crippen MR) is 46.1 cm³/mol. The first kappa shape index (κ1) is 10.4. The first-order valence-electron chi connectivity index (χ1n) is 4.03. The molecule has 1 amide bonds. The summed E-state index contributed by atoms with van der Waals surface area (Å²) in [6.07, 6.45) is 0.871. The molecule has 0 aromatic rings. The van der Waals surface area contributed by atoms with Crippen molar-refractivity contribution in [3.05, 3.63) is 0 Å². The molecule has 0 saturated carbocycles. The van der Waals surface area contributed by atoms with E-state index in [0.29, 0.717) is 12.5 Å². The molecule has 0 radical (unpaired) electrons. The highest BCUT2D eigenvalue weighted by Crippen LogP contribution is 2.09. The molecule has 0 aromatic carbocycles. The van der Waals surface area contributed by atoms with Gasteiger partial charge in [0, 0.05) is 13.6 Å². The third kappa shape index (κ3) is 3.98. The molecule has 0 heterocycles. The normalized spacial score (nSPS) is 13.2. The van der Waals surface area contributed by atoms with Gasteiger partial charge in [0.25, 0.3) is 0 Å². The molecule has 0 fully saturated rings. The molecule has 1 atom stereocenters. The van der Waals surface area contributed by atoms with Gasteiger partial charge in [0.15, 0.2) is 0 Å². The summed E-state index contributed by atoms with van der Waals surface area (Å²) in [6, 6.07) is 0. The highest BCUT2D eigenvalue weighted by molar-refractivity contribution is 5.78. The minimum Gasteiger partial charge on any atom is -0.359 e. The van der Waals surface area contributed by atoms with Crippen molar-refractivity contribution in [2.45, 2.75) is 20.3 Å². The fourth-order valence-electron chi connectivity index (χ4n) is 1.08.